The summed E-state index contributed by atoms with van der Waals surface area (Å²) in [7, 11) is 0. The standard InChI is InChI=1S/C16H28/c1-6-8-11-16(13-15(5)7-2)12-9-10-14(3)4/h7,11,15H,2-3,6,8-10,12-13H2,1,4-5H3. The summed E-state index contributed by atoms with van der Waals surface area (Å²) in [6, 6.07) is 0. The third kappa shape index (κ3) is 8.52. The Bertz CT molecular complexity index is 232. The molecule has 0 aliphatic carbocycles. The number of allylic oxidation sites excluding steroid dienone is 4. The summed E-state index contributed by atoms with van der Waals surface area (Å²) in [4.78, 5) is 0. The van der Waals surface area contributed by atoms with Gasteiger partial charge in [-0.1, -0.05) is 43.6 Å². The smallest absolute Gasteiger partial charge is 0.0227 e. The minimum atomic E-state index is 0.605. The number of unbranched alkanes of at least 4 members (excludes halogenated alkanes) is 1. The van der Waals surface area contributed by atoms with Crippen molar-refractivity contribution in [3.8, 4) is 0 Å². The van der Waals surface area contributed by atoms with Crippen LogP contribution in [0.25, 0.3) is 0 Å². The molecule has 0 heteroatoms. The fraction of sp³-hybridized carbons (Fsp3) is 0.625. The molecule has 0 spiro atoms. The Hall–Kier alpha value is -0.780. The van der Waals surface area contributed by atoms with Crippen molar-refractivity contribution in [3.63, 3.8) is 0 Å². The molecule has 0 amide bonds. The highest BCUT2D eigenvalue weighted by atomic mass is 14.1. The molecule has 0 saturated carbocycles. The van der Waals surface area contributed by atoms with Crippen LogP contribution in [0, 0.1) is 5.92 Å². The zero-order valence-electron chi connectivity index (χ0n) is 11.4. The third-order valence-electron chi connectivity index (χ3n) is 2.81. The van der Waals surface area contributed by atoms with Gasteiger partial charge in [0.15, 0.2) is 0 Å². The Balaban J connectivity index is 4.09. The monoisotopic (exact) mass is 220 g/mol. The quantitative estimate of drug-likeness (QED) is 0.439. The van der Waals surface area contributed by atoms with E-state index >= 15 is 0 Å². The third-order valence-corrected chi connectivity index (χ3v) is 2.81. The van der Waals surface area contributed by atoms with Crippen LogP contribution in [-0.2, 0) is 0 Å². The zero-order chi connectivity index (χ0) is 12.4. The van der Waals surface area contributed by atoms with Gasteiger partial charge in [0.05, 0.1) is 0 Å². The molecule has 16 heavy (non-hydrogen) atoms. The second kappa shape index (κ2) is 9.45. The highest BCUT2D eigenvalue weighted by Gasteiger charge is 2.02. The molecule has 0 aromatic heterocycles. The second-order valence-corrected chi connectivity index (χ2v) is 4.88. The zero-order valence-corrected chi connectivity index (χ0v) is 11.4. The van der Waals surface area contributed by atoms with Crippen molar-refractivity contribution >= 4 is 0 Å². The lowest BCUT2D eigenvalue weighted by molar-refractivity contribution is 0.666. The molecule has 1 atom stereocenters. The minimum Gasteiger partial charge on any atom is -0.103 e. The van der Waals surface area contributed by atoms with Gasteiger partial charge in [-0.25, -0.2) is 0 Å². The van der Waals surface area contributed by atoms with Gasteiger partial charge < -0.3 is 0 Å². The van der Waals surface area contributed by atoms with Crippen LogP contribution in [0.2, 0.25) is 0 Å². The van der Waals surface area contributed by atoms with Gasteiger partial charge in [0.25, 0.3) is 0 Å². The second-order valence-electron chi connectivity index (χ2n) is 4.88. The van der Waals surface area contributed by atoms with E-state index in [-0.39, 0.29) is 0 Å². The highest BCUT2D eigenvalue weighted by molar-refractivity contribution is 5.05. The maximum Gasteiger partial charge on any atom is -0.0227 e. The molecule has 0 aliphatic rings. The number of hydrogen-bond donors (Lipinski definition) is 0. The van der Waals surface area contributed by atoms with Crippen molar-refractivity contribution < 1.29 is 0 Å². The van der Waals surface area contributed by atoms with Crippen molar-refractivity contribution in [2.24, 2.45) is 5.92 Å². The lowest BCUT2D eigenvalue weighted by Crippen LogP contribution is -1.94. The number of hydrogen-bond acceptors (Lipinski definition) is 0. The molecule has 92 valence electrons. The SMILES string of the molecule is C=CC(C)CC(=CCCC)CCCC(=C)C. The maximum absolute atomic E-state index is 3.96. The molecule has 0 N–H and O–H groups in total. The van der Waals surface area contributed by atoms with Crippen LogP contribution in [0.3, 0.4) is 0 Å². The summed E-state index contributed by atoms with van der Waals surface area (Å²) in [6.45, 7) is 14.4. The molecule has 0 aliphatic heterocycles. The fourth-order valence-electron chi connectivity index (χ4n) is 1.75. The van der Waals surface area contributed by atoms with E-state index in [0.29, 0.717) is 5.92 Å². The molecule has 0 bridgehead atoms. The summed E-state index contributed by atoms with van der Waals surface area (Å²) in [5.74, 6) is 0.605. The van der Waals surface area contributed by atoms with Crippen LogP contribution in [-0.4, -0.2) is 0 Å². The van der Waals surface area contributed by atoms with E-state index in [2.05, 4.69) is 46.1 Å². The van der Waals surface area contributed by atoms with Crippen LogP contribution >= 0.6 is 0 Å². The van der Waals surface area contributed by atoms with Gasteiger partial charge in [0.1, 0.15) is 0 Å². The Morgan fingerprint density at radius 2 is 2.00 bits per heavy atom. The Labute approximate surface area is 102 Å². The van der Waals surface area contributed by atoms with Crippen LogP contribution in [0.4, 0.5) is 0 Å². The lowest BCUT2D eigenvalue weighted by Gasteiger charge is -2.11. The van der Waals surface area contributed by atoms with Gasteiger partial charge in [-0.3, -0.25) is 0 Å². The lowest BCUT2D eigenvalue weighted by atomic mass is 9.95. The van der Waals surface area contributed by atoms with E-state index in [9.17, 15) is 0 Å². The predicted octanol–water partition coefficient (Wildman–Crippen LogP) is 5.67. The molecule has 0 fully saturated rings. The molecule has 0 heterocycles. The summed E-state index contributed by atoms with van der Waals surface area (Å²) in [6.07, 6.45) is 11.8. The highest BCUT2D eigenvalue weighted by Crippen LogP contribution is 2.20. The van der Waals surface area contributed by atoms with E-state index in [4.69, 9.17) is 0 Å². The predicted molar refractivity (Wildman–Crippen MR) is 75.6 cm³/mol. The van der Waals surface area contributed by atoms with E-state index < -0.39 is 0 Å². The fourth-order valence-corrected chi connectivity index (χ4v) is 1.75. The molecule has 0 aromatic rings. The van der Waals surface area contributed by atoms with Crippen LogP contribution < -0.4 is 0 Å². The van der Waals surface area contributed by atoms with Gasteiger partial charge in [-0.15, -0.1) is 13.2 Å². The molecule has 1 unspecified atom stereocenters. The van der Waals surface area contributed by atoms with Gasteiger partial charge in [0.2, 0.25) is 0 Å². The molecule has 0 saturated heterocycles. The van der Waals surface area contributed by atoms with E-state index in [1.165, 1.54) is 37.7 Å². The number of rotatable bonds is 9. The average Bonchev–Trinajstić information content (AvgIpc) is 2.24. The Kier molecular flexibility index (Phi) is 8.99. The van der Waals surface area contributed by atoms with Gasteiger partial charge in [-0.2, -0.15) is 0 Å². The van der Waals surface area contributed by atoms with E-state index in [0.717, 1.165) is 6.42 Å². The molecule has 0 aromatic carbocycles. The van der Waals surface area contributed by atoms with E-state index in [1.54, 1.807) is 5.57 Å². The van der Waals surface area contributed by atoms with Gasteiger partial charge in [0, 0.05) is 0 Å². The maximum atomic E-state index is 3.96. The largest absolute Gasteiger partial charge is 0.103 e. The summed E-state index contributed by atoms with van der Waals surface area (Å²) in [5.41, 5.74) is 2.90. The normalized spacial score (nSPS) is 13.6. The first-order valence-electron chi connectivity index (χ1n) is 6.55. The summed E-state index contributed by atoms with van der Waals surface area (Å²) in [5, 5.41) is 0. The molecular formula is C16H28. The van der Waals surface area contributed by atoms with Crippen LogP contribution in [0.15, 0.2) is 36.5 Å². The molecule has 0 rings (SSSR count). The average molecular weight is 220 g/mol. The first-order valence-corrected chi connectivity index (χ1v) is 6.55. The Morgan fingerprint density at radius 1 is 1.31 bits per heavy atom. The topological polar surface area (TPSA) is 0 Å². The van der Waals surface area contributed by atoms with Crippen molar-refractivity contribution in [2.75, 3.05) is 0 Å². The van der Waals surface area contributed by atoms with Crippen molar-refractivity contribution in [3.05, 3.63) is 36.5 Å². The molecule has 0 nitrogen and oxygen atoms in total. The van der Waals surface area contributed by atoms with Crippen LogP contribution in [0.1, 0.15) is 59.3 Å². The van der Waals surface area contributed by atoms with Crippen molar-refractivity contribution in [1.82, 2.24) is 0 Å². The van der Waals surface area contributed by atoms with Gasteiger partial charge in [-0.05, 0) is 44.9 Å². The summed E-state index contributed by atoms with van der Waals surface area (Å²) < 4.78 is 0. The summed E-state index contributed by atoms with van der Waals surface area (Å²) >= 11 is 0. The molecule has 0 radical (unpaired) electrons. The van der Waals surface area contributed by atoms with Crippen molar-refractivity contribution in [2.45, 2.75) is 59.3 Å². The molecular weight excluding hydrogens is 192 g/mol. The van der Waals surface area contributed by atoms with E-state index in [1.807, 2.05) is 0 Å². The van der Waals surface area contributed by atoms with Gasteiger partial charge >= 0.3 is 0 Å². The minimum absolute atomic E-state index is 0.605. The first-order chi connectivity index (χ1) is 7.60. The van der Waals surface area contributed by atoms with Crippen molar-refractivity contribution in [1.29, 1.82) is 0 Å². The first kappa shape index (κ1) is 15.2. The Morgan fingerprint density at radius 3 is 2.50 bits per heavy atom. The van der Waals surface area contributed by atoms with Crippen LogP contribution in [0.5, 0.6) is 0 Å².